The van der Waals surface area contributed by atoms with Crippen LogP contribution in [0.3, 0.4) is 0 Å². The van der Waals surface area contributed by atoms with Crippen LogP contribution in [-0.4, -0.2) is 44.9 Å². The molecule has 0 spiro atoms. The van der Waals surface area contributed by atoms with Crippen LogP contribution in [0.5, 0.6) is 0 Å². The molecule has 0 bridgehead atoms. The zero-order valence-corrected chi connectivity index (χ0v) is 10.2. The van der Waals surface area contributed by atoms with Gasteiger partial charge in [0.1, 0.15) is 0 Å². The fraction of sp³-hybridized carbons (Fsp3) is 0.917. The van der Waals surface area contributed by atoms with E-state index in [9.17, 15) is 4.79 Å². The first-order valence-electron chi connectivity index (χ1n) is 6.43. The maximum absolute atomic E-state index is 12.3. The van der Waals surface area contributed by atoms with Crippen LogP contribution in [0.15, 0.2) is 0 Å². The molecular formula is C12H22N2O3. The lowest BCUT2D eigenvalue weighted by Gasteiger charge is -2.36. The number of ether oxygens (including phenoxy) is 2. The van der Waals surface area contributed by atoms with Crippen molar-refractivity contribution in [2.45, 2.75) is 31.7 Å². The second-order valence-corrected chi connectivity index (χ2v) is 4.98. The van der Waals surface area contributed by atoms with Gasteiger partial charge in [-0.1, -0.05) is 0 Å². The minimum Gasteiger partial charge on any atom is -0.381 e. The highest BCUT2D eigenvalue weighted by Crippen LogP contribution is 2.29. The normalized spacial score (nSPS) is 28.6. The van der Waals surface area contributed by atoms with Crippen molar-refractivity contribution in [3.63, 3.8) is 0 Å². The van der Waals surface area contributed by atoms with Gasteiger partial charge in [0.05, 0.1) is 18.1 Å². The molecule has 5 nitrogen and oxygen atoms in total. The molecule has 0 radical (unpaired) electrons. The van der Waals surface area contributed by atoms with Gasteiger partial charge in [0, 0.05) is 26.4 Å². The largest absolute Gasteiger partial charge is 0.381 e. The van der Waals surface area contributed by atoms with E-state index in [1.54, 1.807) is 0 Å². The number of hydrogen-bond acceptors (Lipinski definition) is 4. The lowest BCUT2D eigenvalue weighted by atomic mass is 9.79. The molecule has 2 aliphatic rings. The summed E-state index contributed by atoms with van der Waals surface area (Å²) in [6.07, 6.45) is 3.47. The molecule has 0 aromatic rings. The lowest BCUT2D eigenvalue weighted by Crippen LogP contribution is -2.53. The third-order valence-electron chi connectivity index (χ3n) is 3.82. The molecule has 1 amide bonds. The highest BCUT2D eigenvalue weighted by Gasteiger charge is 2.39. The predicted octanol–water partition coefficient (Wildman–Crippen LogP) is 0.0371. The third kappa shape index (κ3) is 2.97. The summed E-state index contributed by atoms with van der Waals surface area (Å²) < 4.78 is 10.7. The van der Waals surface area contributed by atoms with E-state index in [0.717, 1.165) is 32.3 Å². The molecule has 0 saturated carbocycles. The maximum atomic E-state index is 12.3. The van der Waals surface area contributed by atoms with Crippen LogP contribution in [0, 0.1) is 5.41 Å². The van der Waals surface area contributed by atoms with Gasteiger partial charge in [-0.3, -0.25) is 4.79 Å². The third-order valence-corrected chi connectivity index (χ3v) is 3.82. The zero-order valence-electron chi connectivity index (χ0n) is 10.2. The van der Waals surface area contributed by atoms with Crippen molar-refractivity contribution >= 4 is 5.91 Å². The number of carbonyl (C=O) groups excluding carboxylic acids is 1. The van der Waals surface area contributed by atoms with E-state index in [1.807, 2.05) is 0 Å². The van der Waals surface area contributed by atoms with Gasteiger partial charge in [0.25, 0.3) is 0 Å². The first-order chi connectivity index (χ1) is 8.27. The Labute approximate surface area is 102 Å². The molecule has 2 rings (SSSR count). The second kappa shape index (κ2) is 5.80. The minimum absolute atomic E-state index is 0.0822. The molecule has 1 unspecified atom stereocenters. The number of hydrogen-bond donors (Lipinski definition) is 2. The van der Waals surface area contributed by atoms with Gasteiger partial charge >= 0.3 is 0 Å². The smallest absolute Gasteiger partial charge is 0.227 e. The van der Waals surface area contributed by atoms with Crippen molar-refractivity contribution in [2.24, 2.45) is 11.1 Å². The van der Waals surface area contributed by atoms with Gasteiger partial charge in [0.15, 0.2) is 0 Å². The Morgan fingerprint density at radius 3 is 2.65 bits per heavy atom. The first-order valence-corrected chi connectivity index (χ1v) is 6.43. The molecule has 2 aliphatic heterocycles. The van der Waals surface area contributed by atoms with E-state index in [4.69, 9.17) is 15.2 Å². The number of carbonyl (C=O) groups is 1. The Bertz CT molecular complexity index is 258. The van der Waals surface area contributed by atoms with Crippen LogP contribution < -0.4 is 11.1 Å². The van der Waals surface area contributed by atoms with Crippen LogP contribution in [0.2, 0.25) is 0 Å². The van der Waals surface area contributed by atoms with E-state index in [-0.39, 0.29) is 11.9 Å². The standard InChI is InChI=1S/C12H22N2O3/c13-9-12(3-6-16-7-4-12)11(15)14-10-2-1-5-17-8-10/h10H,1-9,13H2,(H,14,15). The predicted molar refractivity (Wildman–Crippen MR) is 63.5 cm³/mol. The van der Waals surface area contributed by atoms with E-state index >= 15 is 0 Å². The van der Waals surface area contributed by atoms with Crippen LogP contribution in [-0.2, 0) is 14.3 Å². The Morgan fingerprint density at radius 2 is 2.06 bits per heavy atom. The molecule has 5 heteroatoms. The monoisotopic (exact) mass is 242 g/mol. The van der Waals surface area contributed by atoms with E-state index in [2.05, 4.69) is 5.32 Å². The average molecular weight is 242 g/mol. The highest BCUT2D eigenvalue weighted by molar-refractivity contribution is 5.83. The molecule has 1 atom stereocenters. The molecular weight excluding hydrogens is 220 g/mol. The van der Waals surface area contributed by atoms with Crippen molar-refractivity contribution in [1.29, 1.82) is 0 Å². The summed E-state index contributed by atoms with van der Waals surface area (Å²) >= 11 is 0. The molecule has 98 valence electrons. The molecule has 0 aromatic heterocycles. The minimum atomic E-state index is -0.421. The lowest BCUT2D eigenvalue weighted by molar-refractivity contribution is -0.137. The Balaban J connectivity index is 1.91. The van der Waals surface area contributed by atoms with Crippen LogP contribution in [0.1, 0.15) is 25.7 Å². The quantitative estimate of drug-likeness (QED) is 0.732. The summed E-state index contributed by atoms with van der Waals surface area (Å²) in [5.41, 5.74) is 5.38. The summed E-state index contributed by atoms with van der Waals surface area (Å²) in [6.45, 7) is 3.10. The highest BCUT2D eigenvalue weighted by atomic mass is 16.5. The first kappa shape index (κ1) is 12.8. The van der Waals surface area contributed by atoms with E-state index in [0.29, 0.717) is 26.4 Å². The van der Waals surface area contributed by atoms with Crippen LogP contribution in [0.25, 0.3) is 0 Å². The number of nitrogens with one attached hydrogen (secondary N) is 1. The van der Waals surface area contributed by atoms with Gasteiger partial charge in [-0.25, -0.2) is 0 Å². The van der Waals surface area contributed by atoms with Gasteiger partial charge < -0.3 is 20.5 Å². The van der Waals surface area contributed by atoms with Crippen LogP contribution >= 0.6 is 0 Å². The summed E-state index contributed by atoms with van der Waals surface area (Å²) in [5.74, 6) is 0.0822. The summed E-state index contributed by atoms with van der Waals surface area (Å²) in [5, 5.41) is 3.08. The van der Waals surface area contributed by atoms with Crippen molar-refractivity contribution in [3.8, 4) is 0 Å². The molecule has 2 heterocycles. The van der Waals surface area contributed by atoms with Gasteiger partial charge in [-0.05, 0) is 25.7 Å². The molecule has 3 N–H and O–H groups in total. The van der Waals surface area contributed by atoms with Crippen molar-refractivity contribution in [1.82, 2.24) is 5.32 Å². The fourth-order valence-corrected chi connectivity index (χ4v) is 2.48. The molecule has 0 aliphatic carbocycles. The van der Waals surface area contributed by atoms with Crippen molar-refractivity contribution < 1.29 is 14.3 Å². The Morgan fingerprint density at radius 1 is 1.29 bits per heavy atom. The van der Waals surface area contributed by atoms with E-state index in [1.165, 1.54) is 0 Å². The van der Waals surface area contributed by atoms with Crippen LogP contribution in [0.4, 0.5) is 0 Å². The number of amides is 1. The van der Waals surface area contributed by atoms with Gasteiger partial charge in [0.2, 0.25) is 5.91 Å². The SMILES string of the molecule is NCC1(C(=O)NC2CCCOC2)CCOCC1. The maximum Gasteiger partial charge on any atom is 0.227 e. The Kier molecular flexibility index (Phi) is 4.36. The summed E-state index contributed by atoms with van der Waals surface area (Å²) in [7, 11) is 0. The van der Waals surface area contributed by atoms with Gasteiger partial charge in [-0.15, -0.1) is 0 Å². The number of rotatable bonds is 3. The molecule has 2 saturated heterocycles. The van der Waals surface area contributed by atoms with Crippen molar-refractivity contribution in [3.05, 3.63) is 0 Å². The fourth-order valence-electron chi connectivity index (χ4n) is 2.48. The second-order valence-electron chi connectivity index (χ2n) is 4.98. The summed E-state index contributed by atoms with van der Waals surface area (Å²) in [4.78, 5) is 12.3. The summed E-state index contributed by atoms with van der Waals surface area (Å²) in [6, 6.07) is 0.155. The van der Waals surface area contributed by atoms with Gasteiger partial charge in [-0.2, -0.15) is 0 Å². The molecule has 17 heavy (non-hydrogen) atoms. The Hall–Kier alpha value is -0.650. The van der Waals surface area contributed by atoms with E-state index < -0.39 is 5.41 Å². The topological polar surface area (TPSA) is 73.6 Å². The average Bonchev–Trinajstić information content (AvgIpc) is 2.40. The van der Waals surface area contributed by atoms with Crippen molar-refractivity contribution in [2.75, 3.05) is 33.0 Å². The molecule has 0 aromatic carbocycles. The molecule has 2 fully saturated rings. The number of nitrogens with two attached hydrogens (primary N) is 1. The zero-order chi connectivity index (χ0) is 12.1.